The highest BCUT2D eigenvalue weighted by Crippen LogP contribution is 2.37. The molecule has 1 aliphatic heterocycles. The van der Waals surface area contributed by atoms with Crippen molar-refractivity contribution in [3.63, 3.8) is 0 Å². The van der Waals surface area contributed by atoms with Gasteiger partial charge in [-0.3, -0.25) is 4.79 Å². The number of carbonyl (C=O) groups excluding carboxylic acids is 1. The third kappa shape index (κ3) is 2.96. The second kappa shape index (κ2) is 6.44. The lowest BCUT2D eigenvalue weighted by Gasteiger charge is -2.25. The first-order valence-corrected chi connectivity index (χ1v) is 8.02. The van der Waals surface area contributed by atoms with Gasteiger partial charge in [-0.15, -0.1) is 0 Å². The van der Waals surface area contributed by atoms with Crippen LogP contribution >= 0.6 is 0 Å². The molecule has 0 spiro atoms. The van der Waals surface area contributed by atoms with Gasteiger partial charge in [0.05, 0.1) is 18.8 Å². The first-order chi connectivity index (χ1) is 11.1. The van der Waals surface area contributed by atoms with E-state index in [0.717, 1.165) is 36.4 Å². The van der Waals surface area contributed by atoms with Crippen LogP contribution in [0.5, 0.6) is 5.75 Å². The predicted octanol–water partition coefficient (Wildman–Crippen LogP) is 3.78. The van der Waals surface area contributed by atoms with Gasteiger partial charge in [0.15, 0.2) is 0 Å². The number of amides is 1. The molecule has 1 atom stereocenters. The Labute approximate surface area is 136 Å². The summed E-state index contributed by atoms with van der Waals surface area (Å²) in [6.07, 6.45) is 1.90. The molecule has 1 saturated heterocycles. The van der Waals surface area contributed by atoms with Crippen LogP contribution in [-0.4, -0.2) is 29.6 Å². The summed E-state index contributed by atoms with van der Waals surface area (Å²) in [5.41, 5.74) is 1.85. The zero-order valence-corrected chi connectivity index (χ0v) is 13.8. The van der Waals surface area contributed by atoms with Crippen molar-refractivity contribution >= 4 is 5.91 Å². The molecule has 1 fully saturated rings. The van der Waals surface area contributed by atoms with E-state index in [4.69, 9.17) is 9.26 Å². The van der Waals surface area contributed by atoms with Gasteiger partial charge >= 0.3 is 0 Å². The maximum Gasteiger partial charge on any atom is 0.292 e. The Morgan fingerprint density at radius 2 is 2.17 bits per heavy atom. The Morgan fingerprint density at radius 1 is 1.39 bits per heavy atom. The lowest BCUT2D eigenvalue weighted by Crippen LogP contribution is -2.30. The van der Waals surface area contributed by atoms with Crippen LogP contribution in [0.1, 0.15) is 60.5 Å². The quantitative estimate of drug-likeness (QED) is 0.861. The first kappa shape index (κ1) is 15.6. The number of aromatic nitrogens is 1. The van der Waals surface area contributed by atoms with Gasteiger partial charge in [-0.2, -0.15) is 0 Å². The van der Waals surface area contributed by atoms with E-state index >= 15 is 0 Å². The normalized spacial score (nSPS) is 17.7. The van der Waals surface area contributed by atoms with Crippen molar-refractivity contribution in [3.05, 3.63) is 47.3 Å². The minimum atomic E-state index is -0.0993. The van der Waals surface area contributed by atoms with Gasteiger partial charge in [0.1, 0.15) is 5.75 Å². The van der Waals surface area contributed by atoms with Gasteiger partial charge in [0.2, 0.25) is 5.76 Å². The maximum absolute atomic E-state index is 12.8. The molecular weight excluding hydrogens is 292 g/mol. The molecule has 122 valence electrons. The number of para-hydroxylation sites is 1. The molecule has 23 heavy (non-hydrogen) atoms. The van der Waals surface area contributed by atoms with Crippen LogP contribution in [-0.2, 0) is 0 Å². The average Bonchev–Trinajstić information content (AvgIpc) is 3.23. The van der Waals surface area contributed by atoms with Crippen molar-refractivity contribution in [2.45, 2.75) is 38.6 Å². The van der Waals surface area contributed by atoms with Gasteiger partial charge in [-0.1, -0.05) is 37.2 Å². The number of methoxy groups -OCH3 is 1. The third-order valence-electron chi connectivity index (χ3n) is 4.34. The SMILES string of the molecule is COc1ccccc1C1CCCN1C(=O)c1cc(C(C)C)no1. The molecule has 1 aromatic heterocycles. The molecule has 1 aliphatic rings. The van der Waals surface area contributed by atoms with Crippen LogP contribution in [0.25, 0.3) is 0 Å². The Bertz CT molecular complexity index is 693. The third-order valence-corrected chi connectivity index (χ3v) is 4.34. The standard InChI is InChI=1S/C18H22N2O3/c1-12(2)14-11-17(23-19-14)18(21)20-10-6-8-15(20)13-7-4-5-9-16(13)22-3/h4-5,7,9,11-12,15H,6,8,10H2,1-3H3. The fourth-order valence-corrected chi connectivity index (χ4v) is 3.08. The van der Waals surface area contributed by atoms with Crippen molar-refractivity contribution < 1.29 is 14.1 Å². The minimum absolute atomic E-state index is 0.0197. The number of carbonyl (C=O) groups is 1. The summed E-state index contributed by atoms with van der Waals surface area (Å²) in [5.74, 6) is 1.27. The molecule has 0 N–H and O–H groups in total. The molecule has 1 aromatic carbocycles. The summed E-state index contributed by atoms with van der Waals surface area (Å²) in [6, 6.07) is 9.64. The Kier molecular flexibility index (Phi) is 4.37. The lowest BCUT2D eigenvalue weighted by atomic mass is 10.0. The number of ether oxygens (including phenoxy) is 1. The highest BCUT2D eigenvalue weighted by atomic mass is 16.5. The van der Waals surface area contributed by atoms with E-state index in [0.29, 0.717) is 5.76 Å². The lowest BCUT2D eigenvalue weighted by molar-refractivity contribution is 0.0691. The van der Waals surface area contributed by atoms with Crippen molar-refractivity contribution in [2.24, 2.45) is 0 Å². The van der Waals surface area contributed by atoms with Gasteiger partial charge in [0, 0.05) is 18.2 Å². The van der Waals surface area contributed by atoms with Crippen molar-refractivity contribution in [1.82, 2.24) is 10.1 Å². The van der Waals surface area contributed by atoms with Crippen molar-refractivity contribution in [3.8, 4) is 5.75 Å². The maximum atomic E-state index is 12.8. The second-order valence-electron chi connectivity index (χ2n) is 6.17. The molecular formula is C18H22N2O3. The fraction of sp³-hybridized carbons (Fsp3) is 0.444. The molecule has 0 radical (unpaired) electrons. The summed E-state index contributed by atoms with van der Waals surface area (Å²) in [6.45, 7) is 4.78. The number of hydrogen-bond donors (Lipinski definition) is 0. The van der Waals surface area contributed by atoms with Crippen LogP contribution in [0.2, 0.25) is 0 Å². The Balaban J connectivity index is 1.87. The molecule has 2 aromatic rings. The summed E-state index contributed by atoms with van der Waals surface area (Å²) >= 11 is 0. The summed E-state index contributed by atoms with van der Waals surface area (Å²) in [4.78, 5) is 14.7. The predicted molar refractivity (Wildman–Crippen MR) is 86.6 cm³/mol. The Hall–Kier alpha value is -2.30. The number of likely N-dealkylation sites (tertiary alicyclic amines) is 1. The van der Waals surface area contributed by atoms with Crippen LogP contribution in [0.15, 0.2) is 34.9 Å². The minimum Gasteiger partial charge on any atom is -0.496 e. The van der Waals surface area contributed by atoms with Crippen LogP contribution < -0.4 is 4.74 Å². The van der Waals surface area contributed by atoms with E-state index in [1.165, 1.54) is 0 Å². The second-order valence-corrected chi connectivity index (χ2v) is 6.17. The van der Waals surface area contributed by atoms with E-state index in [1.54, 1.807) is 13.2 Å². The zero-order chi connectivity index (χ0) is 16.4. The number of rotatable bonds is 4. The molecule has 0 saturated carbocycles. The highest BCUT2D eigenvalue weighted by Gasteiger charge is 2.34. The van der Waals surface area contributed by atoms with Crippen molar-refractivity contribution in [2.75, 3.05) is 13.7 Å². The van der Waals surface area contributed by atoms with E-state index in [1.807, 2.05) is 43.0 Å². The molecule has 5 heteroatoms. The molecule has 3 rings (SSSR count). The average molecular weight is 314 g/mol. The van der Waals surface area contributed by atoms with Crippen LogP contribution in [0, 0.1) is 0 Å². The van der Waals surface area contributed by atoms with Crippen LogP contribution in [0.4, 0.5) is 0 Å². The highest BCUT2D eigenvalue weighted by molar-refractivity contribution is 5.92. The summed E-state index contributed by atoms with van der Waals surface area (Å²) in [5, 5.41) is 3.99. The van der Waals surface area contributed by atoms with Crippen LogP contribution in [0.3, 0.4) is 0 Å². The van der Waals surface area contributed by atoms with Gasteiger partial charge < -0.3 is 14.2 Å². The number of nitrogens with zero attached hydrogens (tertiary/aromatic N) is 2. The summed E-state index contributed by atoms with van der Waals surface area (Å²) in [7, 11) is 1.66. The van der Waals surface area contributed by atoms with E-state index in [2.05, 4.69) is 5.16 Å². The largest absolute Gasteiger partial charge is 0.496 e. The smallest absolute Gasteiger partial charge is 0.292 e. The molecule has 2 heterocycles. The fourth-order valence-electron chi connectivity index (χ4n) is 3.08. The molecule has 1 unspecified atom stereocenters. The van der Waals surface area contributed by atoms with E-state index in [9.17, 15) is 4.79 Å². The number of hydrogen-bond acceptors (Lipinski definition) is 4. The van der Waals surface area contributed by atoms with E-state index < -0.39 is 0 Å². The molecule has 0 bridgehead atoms. The Morgan fingerprint density at radius 3 is 2.87 bits per heavy atom. The summed E-state index contributed by atoms with van der Waals surface area (Å²) < 4.78 is 10.7. The molecule has 5 nitrogen and oxygen atoms in total. The van der Waals surface area contributed by atoms with E-state index in [-0.39, 0.29) is 17.9 Å². The monoisotopic (exact) mass is 314 g/mol. The zero-order valence-electron chi connectivity index (χ0n) is 13.8. The number of benzene rings is 1. The van der Waals surface area contributed by atoms with Gasteiger partial charge in [-0.25, -0.2) is 0 Å². The van der Waals surface area contributed by atoms with Gasteiger partial charge in [0.25, 0.3) is 5.91 Å². The topological polar surface area (TPSA) is 55.6 Å². The first-order valence-electron chi connectivity index (χ1n) is 8.02. The van der Waals surface area contributed by atoms with Crippen molar-refractivity contribution in [1.29, 1.82) is 0 Å². The van der Waals surface area contributed by atoms with Gasteiger partial charge in [-0.05, 0) is 24.8 Å². The molecule has 1 amide bonds. The molecule has 0 aliphatic carbocycles.